The van der Waals surface area contributed by atoms with Gasteiger partial charge in [-0.15, -0.1) is 0 Å². The van der Waals surface area contributed by atoms with Crippen molar-refractivity contribution < 1.29 is 22.0 Å². The molecule has 0 atom stereocenters. The van der Waals surface area contributed by atoms with E-state index in [9.17, 15) is 22.0 Å². The molecule has 33 heavy (non-hydrogen) atoms. The third-order valence-electron chi connectivity index (χ3n) is 5.76. The van der Waals surface area contributed by atoms with Crippen molar-refractivity contribution in [1.29, 1.82) is 0 Å². The van der Waals surface area contributed by atoms with Gasteiger partial charge in [0.25, 0.3) is 0 Å². The molecule has 3 aromatic rings. The predicted octanol–water partition coefficient (Wildman–Crippen LogP) is 6.11. The van der Waals surface area contributed by atoms with Crippen LogP contribution >= 0.6 is 7.92 Å². The van der Waals surface area contributed by atoms with Crippen LogP contribution in [0.15, 0.2) is 24.3 Å². The summed E-state index contributed by atoms with van der Waals surface area (Å²) in [6, 6.07) is 8.46. The van der Waals surface area contributed by atoms with Crippen LogP contribution in [-0.4, -0.2) is 13.4 Å². The Hall–Kier alpha value is -2.20. The second kappa shape index (κ2) is 9.97. The maximum absolute atomic E-state index is 14.2. The zero-order valence-corrected chi connectivity index (χ0v) is 20.5. The van der Waals surface area contributed by atoms with Crippen molar-refractivity contribution in [3.8, 4) is 0 Å². The molecule has 3 rings (SSSR count). The molecule has 173 valence electrons. The molecule has 0 bridgehead atoms. The zero-order chi connectivity index (χ0) is 24.6. The molecule has 0 spiro atoms. The van der Waals surface area contributed by atoms with Crippen molar-refractivity contribution in [1.82, 2.24) is 0 Å². The van der Waals surface area contributed by atoms with Gasteiger partial charge in [-0.3, -0.25) is 0 Å². The second-order valence-corrected chi connectivity index (χ2v) is 10.8. The van der Waals surface area contributed by atoms with Gasteiger partial charge in [0.2, 0.25) is 0 Å². The first-order chi connectivity index (χ1) is 15.4. The number of hydrogen-bond donors (Lipinski definition) is 0. The van der Waals surface area contributed by atoms with Crippen molar-refractivity contribution >= 4 is 31.3 Å². The summed E-state index contributed by atoms with van der Waals surface area (Å²) in [7, 11) is 0.194. The van der Waals surface area contributed by atoms with E-state index in [1.165, 1.54) is 10.6 Å². The Labute approximate surface area is 194 Å². The molecule has 0 saturated carbocycles. The molecule has 0 unspecified atom stereocenters. The molecule has 0 aliphatic rings. The van der Waals surface area contributed by atoms with Crippen molar-refractivity contribution in [2.24, 2.45) is 0 Å². The summed E-state index contributed by atoms with van der Waals surface area (Å²) < 4.78 is 69.0. The third kappa shape index (κ3) is 5.01. The number of benzene rings is 3. The van der Waals surface area contributed by atoms with E-state index in [0.29, 0.717) is 6.16 Å². The van der Waals surface area contributed by atoms with Crippen LogP contribution in [0.25, 0.3) is 0 Å². The Balaban J connectivity index is 2.04. The predicted molar refractivity (Wildman–Crippen MR) is 129 cm³/mol. The van der Waals surface area contributed by atoms with Gasteiger partial charge < -0.3 is 0 Å². The normalized spacial score (nSPS) is 11.4. The maximum atomic E-state index is 14.2. The van der Waals surface area contributed by atoms with Gasteiger partial charge in [0, 0.05) is 0 Å². The molecule has 0 saturated heterocycles. The molecule has 7 heteroatoms. The minimum atomic E-state index is -2.14. The van der Waals surface area contributed by atoms with Crippen molar-refractivity contribution in [2.45, 2.75) is 47.9 Å². The Bertz CT molecular complexity index is 1090. The second-order valence-electron chi connectivity index (χ2n) is 8.62. The topological polar surface area (TPSA) is 0 Å². The highest BCUT2D eigenvalue weighted by Gasteiger charge is 2.27. The van der Waals surface area contributed by atoms with Gasteiger partial charge in [0.1, 0.15) is 0 Å². The molecule has 1 radical (unpaired) electrons. The lowest BCUT2D eigenvalue weighted by Crippen LogP contribution is -2.29. The largest absolute Gasteiger partial charge is 0.204 e. The average Bonchev–Trinajstić information content (AvgIpc) is 2.71. The van der Waals surface area contributed by atoms with E-state index in [1.807, 2.05) is 13.8 Å². The molecule has 0 fully saturated rings. The molecule has 0 amide bonds. The van der Waals surface area contributed by atoms with E-state index < -0.39 is 42.5 Å². The van der Waals surface area contributed by atoms with E-state index in [4.69, 9.17) is 0 Å². The quantitative estimate of drug-likeness (QED) is 0.133. The summed E-state index contributed by atoms with van der Waals surface area (Å²) in [4.78, 5) is 0. The zero-order valence-electron chi connectivity index (χ0n) is 19.6. The van der Waals surface area contributed by atoms with Gasteiger partial charge in [-0.2, -0.15) is 0 Å². The summed E-state index contributed by atoms with van der Waals surface area (Å²) in [6.07, 6.45) is 0.688. The van der Waals surface area contributed by atoms with Gasteiger partial charge in [0.05, 0.1) is 0 Å². The van der Waals surface area contributed by atoms with Gasteiger partial charge in [-0.1, -0.05) is 41.7 Å². The van der Waals surface area contributed by atoms with Gasteiger partial charge in [0.15, 0.2) is 36.4 Å². The summed E-state index contributed by atoms with van der Waals surface area (Å²) >= 11 is 0. The summed E-state index contributed by atoms with van der Waals surface area (Å²) in [5.74, 6) is -9.56. The van der Waals surface area contributed by atoms with Crippen LogP contribution < -0.4 is 16.1 Å². The van der Waals surface area contributed by atoms with E-state index in [0.717, 1.165) is 40.7 Å². The molecular formula is C26H26BF5P. The SMILES string of the molecule is Cc1cc(C)c(P(CC[B]c2c(F)c(F)c(F)c(F)c2F)c2c(C)cc(C)cc2C)c(C)c1. The number of aryl methyl sites for hydroxylation is 6. The minimum absolute atomic E-state index is 0.170. The van der Waals surface area contributed by atoms with Crippen LogP contribution in [-0.2, 0) is 0 Å². The summed E-state index contributed by atoms with van der Waals surface area (Å²) in [5.41, 5.74) is 5.96. The van der Waals surface area contributed by atoms with Crippen LogP contribution in [0.2, 0.25) is 6.32 Å². The molecule has 0 aliphatic heterocycles. The van der Waals surface area contributed by atoms with Gasteiger partial charge in [-0.05, 0) is 94.0 Å². The average molecular weight is 475 g/mol. The third-order valence-corrected chi connectivity index (χ3v) is 8.95. The monoisotopic (exact) mass is 475 g/mol. The van der Waals surface area contributed by atoms with Gasteiger partial charge in [-0.25, -0.2) is 22.0 Å². The van der Waals surface area contributed by atoms with Crippen LogP contribution in [0.4, 0.5) is 22.0 Å². The number of halogens is 5. The highest BCUT2D eigenvalue weighted by Crippen LogP contribution is 2.40. The molecule has 3 aromatic carbocycles. The van der Waals surface area contributed by atoms with Crippen LogP contribution in [0.5, 0.6) is 0 Å². The lowest BCUT2D eigenvalue weighted by Gasteiger charge is -2.27. The van der Waals surface area contributed by atoms with Gasteiger partial charge >= 0.3 is 0 Å². The first-order valence-corrected chi connectivity index (χ1v) is 12.2. The highest BCUT2D eigenvalue weighted by molar-refractivity contribution is 7.73. The number of rotatable bonds is 6. The molecule has 0 nitrogen and oxygen atoms in total. The Morgan fingerprint density at radius 2 is 0.909 bits per heavy atom. The molecule has 0 aromatic heterocycles. The van der Waals surface area contributed by atoms with Crippen molar-refractivity contribution in [3.63, 3.8) is 0 Å². The minimum Gasteiger partial charge on any atom is -0.204 e. The fraction of sp³-hybridized carbons (Fsp3) is 0.308. The summed E-state index contributed by atoms with van der Waals surface area (Å²) in [6.45, 7) is 12.3. The van der Waals surface area contributed by atoms with Crippen LogP contribution in [0, 0.1) is 70.6 Å². The highest BCUT2D eigenvalue weighted by atomic mass is 31.1. The first-order valence-electron chi connectivity index (χ1n) is 10.7. The smallest absolute Gasteiger partial charge is 0.200 e. The first kappa shape index (κ1) is 25.4. The van der Waals surface area contributed by atoms with E-state index >= 15 is 0 Å². The van der Waals surface area contributed by atoms with E-state index in [2.05, 4.69) is 52.0 Å². The standard InChI is InChI=1S/C26H26BF5P/c1-13-9-15(3)25(16(4)10-13)33(26-17(5)11-14(2)12-18(26)6)8-7-27-19-20(28)22(30)24(32)23(31)21(19)29/h9-12H,7-8H2,1-6H3. The maximum Gasteiger partial charge on any atom is 0.200 e. The van der Waals surface area contributed by atoms with Crippen molar-refractivity contribution in [3.05, 3.63) is 86.7 Å². The van der Waals surface area contributed by atoms with Crippen LogP contribution in [0.3, 0.4) is 0 Å². The molecule has 0 N–H and O–H groups in total. The van der Waals surface area contributed by atoms with E-state index in [-0.39, 0.29) is 6.32 Å². The van der Waals surface area contributed by atoms with E-state index in [1.54, 1.807) is 0 Å². The number of hydrogen-bond acceptors (Lipinski definition) is 0. The lowest BCUT2D eigenvalue weighted by atomic mass is 9.67. The molecule has 0 aliphatic carbocycles. The molecular weight excluding hydrogens is 449 g/mol. The lowest BCUT2D eigenvalue weighted by molar-refractivity contribution is 0.384. The van der Waals surface area contributed by atoms with Crippen LogP contribution in [0.1, 0.15) is 33.4 Å². The summed E-state index contributed by atoms with van der Waals surface area (Å²) in [5, 5.41) is 2.38. The van der Waals surface area contributed by atoms with Crippen molar-refractivity contribution in [2.75, 3.05) is 6.16 Å². The molecule has 0 heterocycles. The Morgan fingerprint density at radius 1 is 0.576 bits per heavy atom. The fourth-order valence-corrected chi connectivity index (χ4v) is 7.69. The Kier molecular flexibility index (Phi) is 7.68. The Morgan fingerprint density at radius 3 is 1.27 bits per heavy atom. The fourth-order valence-electron chi connectivity index (χ4n) is 4.67.